The van der Waals surface area contributed by atoms with Crippen LogP contribution >= 0.6 is 0 Å². The molecule has 1 heterocycles. The summed E-state index contributed by atoms with van der Waals surface area (Å²) >= 11 is 0. The van der Waals surface area contributed by atoms with E-state index >= 15 is 0 Å². The molecule has 0 aliphatic carbocycles. The van der Waals surface area contributed by atoms with E-state index < -0.39 is 19.2 Å². The number of hydrogen-bond acceptors (Lipinski definition) is 4. The maximum absolute atomic E-state index is 11.9. The zero-order valence-corrected chi connectivity index (χ0v) is 9.64. The van der Waals surface area contributed by atoms with E-state index in [0.29, 0.717) is 18.2 Å². The minimum atomic E-state index is -4.22. The van der Waals surface area contributed by atoms with Gasteiger partial charge in [-0.2, -0.15) is 18.2 Å². The number of aromatic nitrogens is 2. The molecule has 0 unspecified atom stereocenters. The van der Waals surface area contributed by atoms with Crippen LogP contribution in [0.15, 0.2) is 6.07 Å². The zero-order valence-electron chi connectivity index (χ0n) is 9.64. The molecule has 7 heteroatoms. The lowest BCUT2D eigenvalue weighted by molar-refractivity contribution is -0.139. The van der Waals surface area contributed by atoms with Crippen LogP contribution in [0.4, 0.5) is 19.1 Å². The van der Waals surface area contributed by atoms with Crippen molar-refractivity contribution in [3.05, 3.63) is 11.8 Å². The van der Waals surface area contributed by atoms with Gasteiger partial charge in [-0.3, -0.25) is 0 Å². The monoisotopic (exact) mass is 249 g/mol. The van der Waals surface area contributed by atoms with Crippen molar-refractivity contribution >= 4 is 5.95 Å². The van der Waals surface area contributed by atoms with Gasteiger partial charge in [0.05, 0.1) is 13.0 Å². The minimum Gasteiger partial charge on any atom is -0.477 e. The molecule has 1 rings (SSSR count). The fraction of sp³-hybridized carbons (Fsp3) is 0.600. The third-order valence-corrected chi connectivity index (χ3v) is 1.80. The van der Waals surface area contributed by atoms with Gasteiger partial charge in [-0.25, -0.2) is 4.98 Å². The van der Waals surface area contributed by atoms with Crippen molar-refractivity contribution in [2.45, 2.75) is 26.4 Å². The number of nitrogens with one attached hydrogen (secondary N) is 1. The fourth-order valence-electron chi connectivity index (χ4n) is 1.12. The molecule has 0 saturated carbocycles. The topological polar surface area (TPSA) is 47.0 Å². The zero-order chi connectivity index (χ0) is 12.9. The fourth-order valence-corrected chi connectivity index (χ4v) is 1.12. The predicted molar refractivity (Wildman–Crippen MR) is 57.1 cm³/mol. The number of ether oxygens (including phenoxy) is 1. The average Bonchev–Trinajstić information content (AvgIpc) is 2.15. The second-order valence-electron chi connectivity index (χ2n) is 3.42. The molecule has 0 atom stereocenters. The predicted octanol–water partition coefficient (Wildman–Crippen LogP) is 2.55. The van der Waals surface area contributed by atoms with E-state index in [9.17, 15) is 13.2 Å². The Labute approximate surface area is 97.2 Å². The molecule has 96 valence electrons. The number of anilines is 1. The molecule has 0 radical (unpaired) electrons. The number of nitrogens with zero attached hydrogens (tertiary/aromatic N) is 2. The lowest BCUT2D eigenvalue weighted by atomic mass is 10.4. The molecule has 17 heavy (non-hydrogen) atoms. The lowest BCUT2D eigenvalue weighted by Gasteiger charge is -2.09. The molecule has 0 amide bonds. The Bertz CT molecular complexity index is 368. The van der Waals surface area contributed by atoms with Gasteiger partial charge in [0.25, 0.3) is 0 Å². The van der Waals surface area contributed by atoms with E-state index in [4.69, 9.17) is 4.74 Å². The van der Waals surface area contributed by atoms with Gasteiger partial charge in [0.2, 0.25) is 11.8 Å². The first kappa shape index (κ1) is 13.5. The molecular weight excluding hydrogens is 235 g/mol. The molecule has 0 aliphatic rings. The van der Waals surface area contributed by atoms with E-state index in [1.165, 1.54) is 6.07 Å². The molecule has 4 nitrogen and oxygen atoms in total. The van der Waals surface area contributed by atoms with Crippen molar-refractivity contribution < 1.29 is 17.9 Å². The van der Waals surface area contributed by atoms with Crippen molar-refractivity contribution in [3.63, 3.8) is 0 Å². The van der Waals surface area contributed by atoms with Gasteiger partial charge in [0.1, 0.15) is 0 Å². The Morgan fingerprint density at radius 3 is 2.65 bits per heavy atom. The Balaban J connectivity index is 2.58. The molecule has 0 saturated heterocycles. The van der Waals surface area contributed by atoms with Gasteiger partial charge < -0.3 is 10.1 Å². The number of hydrogen-bond donors (Lipinski definition) is 1. The van der Waals surface area contributed by atoms with Crippen LogP contribution in [-0.2, 0) is 0 Å². The maximum Gasteiger partial charge on any atom is 0.392 e. The van der Waals surface area contributed by atoms with Crippen LogP contribution in [0.25, 0.3) is 0 Å². The first-order valence-electron chi connectivity index (χ1n) is 5.20. The van der Waals surface area contributed by atoms with Crippen molar-refractivity contribution in [2.24, 2.45) is 0 Å². The standard InChI is InChI=1S/C10H14F3N3O/c1-3-14-9-15-7(2)6-8(16-9)17-5-4-10(11,12)13/h6H,3-5H2,1-2H3,(H,14,15,16). The molecule has 0 bridgehead atoms. The van der Waals surface area contributed by atoms with Gasteiger partial charge in [0.15, 0.2) is 0 Å². The maximum atomic E-state index is 11.9. The van der Waals surface area contributed by atoms with Crippen molar-refractivity contribution in [3.8, 4) is 5.88 Å². The largest absolute Gasteiger partial charge is 0.477 e. The van der Waals surface area contributed by atoms with Crippen LogP contribution in [0.5, 0.6) is 5.88 Å². The van der Waals surface area contributed by atoms with E-state index in [2.05, 4.69) is 15.3 Å². The van der Waals surface area contributed by atoms with Crippen LogP contribution in [0, 0.1) is 6.92 Å². The smallest absolute Gasteiger partial charge is 0.392 e. The van der Waals surface area contributed by atoms with Crippen LogP contribution in [0.1, 0.15) is 19.0 Å². The summed E-state index contributed by atoms with van der Waals surface area (Å²) in [5, 5.41) is 2.87. The molecule has 0 fully saturated rings. The molecule has 1 N–H and O–H groups in total. The second kappa shape index (κ2) is 5.70. The van der Waals surface area contributed by atoms with E-state index in [1.807, 2.05) is 6.92 Å². The van der Waals surface area contributed by atoms with E-state index in [-0.39, 0.29) is 5.88 Å². The highest BCUT2D eigenvalue weighted by Gasteiger charge is 2.26. The highest BCUT2D eigenvalue weighted by Crippen LogP contribution is 2.20. The highest BCUT2D eigenvalue weighted by atomic mass is 19.4. The van der Waals surface area contributed by atoms with Gasteiger partial charge in [-0.05, 0) is 13.8 Å². The summed E-state index contributed by atoms with van der Waals surface area (Å²) in [6.45, 7) is 3.78. The SMILES string of the molecule is CCNc1nc(C)cc(OCCC(F)(F)F)n1. The van der Waals surface area contributed by atoms with Gasteiger partial charge in [-0.1, -0.05) is 0 Å². The first-order valence-corrected chi connectivity index (χ1v) is 5.20. The average molecular weight is 249 g/mol. The number of halogens is 3. The molecule has 0 aliphatic heterocycles. The number of aryl methyl sites for hydroxylation is 1. The Morgan fingerprint density at radius 2 is 2.06 bits per heavy atom. The molecule has 0 aromatic carbocycles. The first-order chi connectivity index (χ1) is 7.90. The summed E-state index contributed by atoms with van der Waals surface area (Å²) < 4.78 is 40.7. The number of alkyl halides is 3. The summed E-state index contributed by atoms with van der Waals surface area (Å²) in [6.07, 6.45) is -5.21. The van der Waals surface area contributed by atoms with Crippen molar-refractivity contribution in [1.29, 1.82) is 0 Å². The lowest BCUT2D eigenvalue weighted by Crippen LogP contribution is -2.14. The van der Waals surface area contributed by atoms with Gasteiger partial charge in [0, 0.05) is 18.3 Å². The molecule has 1 aromatic heterocycles. The third-order valence-electron chi connectivity index (χ3n) is 1.80. The van der Waals surface area contributed by atoms with E-state index in [1.54, 1.807) is 6.92 Å². The normalized spacial score (nSPS) is 11.4. The second-order valence-corrected chi connectivity index (χ2v) is 3.42. The van der Waals surface area contributed by atoms with Crippen LogP contribution in [-0.4, -0.2) is 29.3 Å². The third kappa shape index (κ3) is 5.37. The highest BCUT2D eigenvalue weighted by molar-refractivity contribution is 5.30. The summed E-state index contributed by atoms with van der Waals surface area (Å²) in [6, 6.07) is 1.50. The summed E-state index contributed by atoms with van der Waals surface area (Å²) in [5.74, 6) is 0.507. The Morgan fingerprint density at radius 1 is 1.35 bits per heavy atom. The molecule has 1 aromatic rings. The summed E-state index contributed by atoms with van der Waals surface area (Å²) in [4.78, 5) is 7.99. The van der Waals surface area contributed by atoms with E-state index in [0.717, 1.165) is 0 Å². The number of rotatable bonds is 5. The minimum absolute atomic E-state index is 0.151. The van der Waals surface area contributed by atoms with Crippen LogP contribution in [0.2, 0.25) is 0 Å². The van der Waals surface area contributed by atoms with Crippen molar-refractivity contribution in [2.75, 3.05) is 18.5 Å². The van der Waals surface area contributed by atoms with Crippen LogP contribution < -0.4 is 10.1 Å². The van der Waals surface area contributed by atoms with Crippen LogP contribution in [0.3, 0.4) is 0 Å². The van der Waals surface area contributed by atoms with Gasteiger partial charge in [-0.15, -0.1) is 0 Å². The summed E-state index contributed by atoms with van der Waals surface area (Å²) in [5.41, 5.74) is 0.637. The quantitative estimate of drug-likeness (QED) is 0.871. The molecule has 0 spiro atoms. The van der Waals surface area contributed by atoms with Crippen molar-refractivity contribution in [1.82, 2.24) is 9.97 Å². The Kier molecular flexibility index (Phi) is 4.53. The Hall–Kier alpha value is -1.53. The molecular formula is C10H14F3N3O. The summed E-state index contributed by atoms with van der Waals surface area (Å²) in [7, 11) is 0. The van der Waals surface area contributed by atoms with Gasteiger partial charge >= 0.3 is 6.18 Å².